The predicted molar refractivity (Wildman–Crippen MR) is 85.6 cm³/mol. The zero-order valence-electron chi connectivity index (χ0n) is 12.1. The Morgan fingerprint density at radius 2 is 1.74 bits per heavy atom. The zero-order valence-corrected chi connectivity index (χ0v) is 12.9. The quantitative estimate of drug-likeness (QED) is 0.938. The second-order valence-corrected chi connectivity index (χ2v) is 6.28. The molecule has 0 spiro atoms. The highest BCUT2D eigenvalue weighted by molar-refractivity contribution is 7.99. The third kappa shape index (κ3) is 3.07. The Morgan fingerprint density at radius 1 is 1.09 bits per heavy atom. The topological polar surface area (TPSA) is 57.6 Å². The molecular formula is C17H14FNO3S. The highest BCUT2D eigenvalue weighted by Crippen LogP contribution is 2.42. The van der Waals surface area contributed by atoms with E-state index in [4.69, 9.17) is 0 Å². The highest BCUT2D eigenvalue weighted by Gasteiger charge is 2.42. The van der Waals surface area contributed by atoms with Gasteiger partial charge in [-0.15, -0.1) is 11.8 Å². The van der Waals surface area contributed by atoms with Crippen molar-refractivity contribution in [1.82, 2.24) is 4.90 Å². The molecule has 23 heavy (non-hydrogen) atoms. The van der Waals surface area contributed by atoms with E-state index in [1.54, 1.807) is 42.5 Å². The van der Waals surface area contributed by atoms with Gasteiger partial charge in [-0.05, 0) is 29.8 Å². The van der Waals surface area contributed by atoms with Crippen molar-refractivity contribution in [3.63, 3.8) is 0 Å². The molecule has 2 aromatic rings. The van der Waals surface area contributed by atoms with E-state index in [-0.39, 0.29) is 11.7 Å². The molecule has 1 N–H and O–H groups in total. The van der Waals surface area contributed by atoms with Crippen molar-refractivity contribution in [2.75, 3.05) is 5.75 Å². The van der Waals surface area contributed by atoms with Gasteiger partial charge in [-0.2, -0.15) is 0 Å². The molecule has 0 bridgehead atoms. The number of amides is 1. The number of halogens is 1. The van der Waals surface area contributed by atoms with E-state index in [1.807, 2.05) is 0 Å². The summed E-state index contributed by atoms with van der Waals surface area (Å²) in [5.41, 5.74) is 1.15. The summed E-state index contributed by atoms with van der Waals surface area (Å²) in [6, 6.07) is 13.5. The number of aliphatic carboxylic acids is 1. The fraction of sp³-hybridized carbons (Fsp3) is 0.176. The molecule has 2 aromatic carbocycles. The second-order valence-electron chi connectivity index (χ2n) is 5.17. The van der Waals surface area contributed by atoms with E-state index in [9.17, 15) is 19.1 Å². The first-order valence-corrected chi connectivity index (χ1v) is 8.10. The third-order valence-corrected chi connectivity index (χ3v) is 5.02. The summed E-state index contributed by atoms with van der Waals surface area (Å²) in [5, 5.41) is 8.98. The average Bonchev–Trinajstić information content (AvgIpc) is 3.01. The van der Waals surface area contributed by atoms with Gasteiger partial charge in [0.05, 0.1) is 0 Å². The van der Waals surface area contributed by atoms with Crippen LogP contribution in [0.15, 0.2) is 54.6 Å². The van der Waals surface area contributed by atoms with E-state index in [1.165, 1.54) is 28.8 Å². The number of carbonyl (C=O) groups excluding carboxylic acids is 1. The van der Waals surface area contributed by atoms with Crippen molar-refractivity contribution >= 4 is 23.6 Å². The van der Waals surface area contributed by atoms with Crippen molar-refractivity contribution < 1.29 is 19.1 Å². The largest absolute Gasteiger partial charge is 0.480 e. The Bertz CT molecular complexity index is 720. The van der Waals surface area contributed by atoms with Crippen LogP contribution in [0.25, 0.3) is 0 Å². The summed E-state index contributed by atoms with van der Waals surface area (Å²) >= 11 is 1.37. The monoisotopic (exact) mass is 331 g/mol. The number of nitrogens with zero attached hydrogens (tertiary/aromatic N) is 1. The summed E-state index contributed by atoms with van der Waals surface area (Å²) in [7, 11) is 0. The number of carboxylic acids is 1. The SMILES string of the molecule is O=C(O)[C@@H]1CS[C@H](c2ccc(F)cc2)N1C(=O)c1ccccc1. The summed E-state index contributed by atoms with van der Waals surface area (Å²) in [5.74, 6) is -1.44. The lowest BCUT2D eigenvalue weighted by atomic mass is 10.1. The number of carboxylic acid groups (broad SMARTS) is 1. The molecule has 2 atom stereocenters. The molecule has 1 aliphatic heterocycles. The molecule has 0 aliphatic carbocycles. The Balaban J connectivity index is 1.97. The second kappa shape index (κ2) is 6.42. The fourth-order valence-electron chi connectivity index (χ4n) is 2.56. The summed E-state index contributed by atoms with van der Waals surface area (Å²) in [6.07, 6.45) is 0. The van der Waals surface area contributed by atoms with E-state index in [0.29, 0.717) is 16.9 Å². The summed E-state index contributed by atoms with van der Waals surface area (Å²) in [6.45, 7) is 0. The van der Waals surface area contributed by atoms with Gasteiger partial charge < -0.3 is 10.0 Å². The number of carbonyl (C=O) groups is 2. The smallest absolute Gasteiger partial charge is 0.327 e. The third-order valence-electron chi connectivity index (χ3n) is 3.70. The van der Waals surface area contributed by atoms with Crippen LogP contribution in [0.5, 0.6) is 0 Å². The molecule has 1 heterocycles. The highest BCUT2D eigenvalue weighted by atomic mass is 32.2. The van der Waals surface area contributed by atoms with Crippen LogP contribution in [-0.4, -0.2) is 33.7 Å². The number of rotatable bonds is 3. The molecule has 0 radical (unpaired) electrons. The van der Waals surface area contributed by atoms with Gasteiger partial charge in [-0.25, -0.2) is 9.18 Å². The van der Waals surface area contributed by atoms with E-state index >= 15 is 0 Å². The molecule has 6 heteroatoms. The molecule has 4 nitrogen and oxygen atoms in total. The van der Waals surface area contributed by atoms with Gasteiger partial charge in [-0.1, -0.05) is 30.3 Å². The Labute approximate surface area is 136 Å². The first-order chi connectivity index (χ1) is 11.1. The van der Waals surface area contributed by atoms with Crippen LogP contribution >= 0.6 is 11.8 Å². The zero-order chi connectivity index (χ0) is 16.4. The van der Waals surface area contributed by atoms with Crippen molar-refractivity contribution in [3.8, 4) is 0 Å². The Kier molecular flexibility index (Phi) is 4.34. The summed E-state index contributed by atoms with van der Waals surface area (Å²) in [4.78, 5) is 25.7. The molecule has 118 valence electrons. The first kappa shape index (κ1) is 15.6. The maximum absolute atomic E-state index is 13.1. The van der Waals surface area contributed by atoms with Crippen molar-refractivity contribution in [2.24, 2.45) is 0 Å². The van der Waals surface area contributed by atoms with Crippen LogP contribution in [0.4, 0.5) is 4.39 Å². The van der Waals surface area contributed by atoms with Crippen LogP contribution in [0.1, 0.15) is 21.3 Å². The number of thioether (sulfide) groups is 1. The lowest BCUT2D eigenvalue weighted by molar-refractivity contribution is -0.141. The predicted octanol–water partition coefficient (Wildman–Crippen LogP) is 3.17. The van der Waals surface area contributed by atoms with Crippen molar-refractivity contribution in [2.45, 2.75) is 11.4 Å². The van der Waals surface area contributed by atoms with Gasteiger partial charge in [0, 0.05) is 11.3 Å². The Morgan fingerprint density at radius 3 is 2.35 bits per heavy atom. The minimum Gasteiger partial charge on any atom is -0.480 e. The number of hydrogen-bond acceptors (Lipinski definition) is 3. The van der Waals surface area contributed by atoms with Gasteiger partial charge in [0.2, 0.25) is 0 Å². The number of benzene rings is 2. The lowest BCUT2D eigenvalue weighted by Gasteiger charge is -2.27. The van der Waals surface area contributed by atoms with Crippen LogP contribution in [0.2, 0.25) is 0 Å². The van der Waals surface area contributed by atoms with Gasteiger partial charge in [-0.3, -0.25) is 4.79 Å². The van der Waals surface area contributed by atoms with Crippen LogP contribution in [-0.2, 0) is 4.79 Å². The molecule has 0 unspecified atom stereocenters. The molecule has 0 saturated carbocycles. The average molecular weight is 331 g/mol. The molecular weight excluding hydrogens is 317 g/mol. The maximum atomic E-state index is 13.1. The first-order valence-electron chi connectivity index (χ1n) is 7.05. The van der Waals surface area contributed by atoms with E-state index < -0.39 is 17.4 Å². The molecule has 1 aliphatic rings. The molecule has 1 fully saturated rings. The van der Waals surface area contributed by atoms with E-state index in [2.05, 4.69) is 0 Å². The van der Waals surface area contributed by atoms with Crippen molar-refractivity contribution in [3.05, 3.63) is 71.5 Å². The number of hydrogen-bond donors (Lipinski definition) is 1. The standard InChI is InChI=1S/C17H14FNO3S/c18-13-8-6-12(7-9-13)16-19(14(10-23-16)17(21)22)15(20)11-4-2-1-3-5-11/h1-9,14,16H,10H2,(H,21,22)/t14-,16+/m0/s1. The summed E-state index contributed by atoms with van der Waals surface area (Å²) < 4.78 is 13.1. The molecule has 0 aromatic heterocycles. The minimum absolute atomic E-state index is 0.302. The minimum atomic E-state index is -1.04. The lowest BCUT2D eigenvalue weighted by Crippen LogP contribution is -2.42. The van der Waals surface area contributed by atoms with Crippen LogP contribution < -0.4 is 0 Å². The fourth-order valence-corrected chi connectivity index (χ4v) is 3.98. The molecule has 1 saturated heterocycles. The maximum Gasteiger partial charge on any atom is 0.327 e. The molecule has 1 amide bonds. The van der Waals surface area contributed by atoms with E-state index in [0.717, 1.165) is 0 Å². The van der Waals surface area contributed by atoms with Crippen LogP contribution in [0.3, 0.4) is 0 Å². The van der Waals surface area contributed by atoms with Crippen molar-refractivity contribution in [1.29, 1.82) is 0 Å². The van der Waals surface area contributed by atoms with Gasteiger partial charge >= 0.3 is 5.97 Å². The van der Waals surface area contributed by atoms with Gasteiger partial charge in [0.1, 0.15) is 17.2 Å². The van der Waals surface area contributed by atoms with Gasteiger partial charge in [0.25, 0.3) is 5.91 Å². The normalized spacial score (nSPS) is 20.5. The van der Waals surface area contributed by atoms with Gasteiger partial charge in [0.15, 0.2) is 0 Å². The Hall–Kier alpha value is -2.34. The van der Waals surface area contributed by atoms with Crippen LogP contribution in [0, 0.1) is 5.82 Å². The molecule has 3 rings (SSSR count).